The number of halogens is 1. The summed E-state index contributed by atoms with van der Waals surface area (Å²) >= 11 is 2.19. The summed E-state index contributed by atoms with van der Waals surface area (Å²) in [5, 5.41) is 24.3. The smallest absolute Gasteiger partial charge is 0.249 e. The normalized spacial score (nSPS) is 10.2. The highest BCUT2D eigenvalue weighted by molar-refractivity contribution is 14.1. The lowest BCUT2D eigenvalue weighted by atomic mass is 10.2. The van der Waals surface area contributed by atoms with Crippen molar-refractivity contribution in [3.05, 3.63) is 57.2 Å². The summed E-state index contributed by atoms with van der Waals surface area (Å²) in [6.45, 7) is 3.01. The molecule has 0 spiro atoms. The zero-order valence-electron chi connectivity index (χ0n) is 17.6. The Hall–Kier alpha value is -3.44. The van der Waals surface area contributed by atoms with Gasteiger partial charge in [0.05, 0.1) is 36.9 Å². The van der Waals surface area contributed by atoms with Gasteiger partial charge in [-0.25, -0.2) is 5.43 Å². The number of benzene rings is 2. The average molecular weight is 542 g/mol. The molecule has 0 aromatic heterocycles. The zero-order valence-corrected chi connectivity index (χ0v) is 19.8. The summed E-state index contributed by atoms with van der Waals surface area (Å²) < 4.78 is 0.936. The standard InChI is InChI=1S/C23H23IN6O2/c1-17-5-2-6-19(13-17)28-22(31)15-23(32)29-27-16-18-7-8-21(20(24)14-18)30(11-3-9-25)12-4-10-26/h2,5-8,13-14,16H,3-4,11-12,15H2,1H3,(H,28,31)(H,29,32)/b27-16+. The highest BCUT2D eigenvalue weighted by atomic mass is 127. The fourth-order valence-electron chi connectivity index (χ4n) is 2.87. The highest BCUT2D eigenvalue weighted by Crippen LogP contribution is 2.24. The Labute approximate surface area is 201 Å². The van der Waals surface area contributed by atoms with Crippen LogP contribution in [0, 0.1) is 33.2 Å². The lowest BCUT2D eigenvalue weighted by Gasteiger charge is -2.24. The SMILES string of the molecule is Cc1cccc(NC(=O)CC(=O)N/N=C/c2ccc(N(CCC#N)CCC#N)c(I)c2)c1. The molecule has 8 nitrogen and oxygen atoms in total. The maximum Gasteiger partial charge on any atom is 0.249 e. The summed E-state index contributed by atoms with van der Waals surface area (Å²) in [4.78, 5) is 26.0. The van der Waals surface area contributed by atoms with Crippen molar-refractivity contribution in [3.63, 3.8) is 0 Å². The first kappa shape index (κ1) is 24.8. The number of nitrogens with one attached hydrogen (secondary N) is 2. The van der Waals surface area contributed by atoms with E-state index in [4.69, 9.17) is 10.5 Å². The van der Waals surface area contributed by atoms with Gasteiger partial charge < -0.3 is 10.2 Å². The molecule has 0 aliphatic rings. The molecule has 0 heterocycles. The molecule has 0 saturated carbocycles. The number of nitriles is 2. The number of hydrogen-bond acceptors (Lipinski definition) is 6. The molecule has 0 fully saturated rings. The van der Waals surface area contributed by atoms with E-state index >= 15 is 0 Å². The van der Waals surface area contributed by atoms with Gasteiger partial charge in [-0.15, -0.1) is 0 Å². The molecule has 0 saturated heterocycles. The molecule has 2 aromatic carbocycles. The number of carbonyl (C=O) groups excluding carboxylic acids is 2. The van der Waals surface area contributed by atoms with Gasteiger partial charge in [0.1, 0.15) is 6.42 Å². The van der Waals surface area contributed by atoms with E-state index in [0.717, 1.165) is 20.4 Å². The van der Waals surface area contributed by atoms with Crippen LogP contribution in [0.3, 0.4) is 0 Å². The fourth-order valence-corrected chi connectivity index (χ4v) is 3.76. The fraction of sp³-hybridized carbons (Fsp3) is 0.261. The van der Waals surface area contributed by atoms with Crippen molar-refractivity contribution in [1.29, 1.82) is 10.5 Å². The van der Waals surface area contributed by atoms with Crippen LogP contribution >= 0.6 is 22.6 Å². The van der Waals surface area contributed by atoms with E-state index in [0.29, 0.717) is 31.6 Å². The molecule has 2 aromatic rings. The maximum atomic E-state index is 12.0. The van der Waals surface area contributed by atoms with Gasteiger partial charge in [0, 0.05) is 22.3 Å². The lowest BCUT2D eigenvalue weighted by Crippen LogP contribution is -2.26. The number of aryl methyl sites for hydroxylation is 1. The minimum Gasteiger partial charge on any atom is -0.369 e. The van der Waals surface area contributed by atoms with Crippen LogP contribution in [0.4, 0.5) is 11.4 Å². The van der Waals surface area contributed by atoms with Crippen molar-refractivity contribution < 1.29 is 9.59 Å². The second-order valence-electron chi connectivity index (χ2n) is 6.90. The van der Waals surface area contributed by atoms with Crippen LogP contribution in [0.1, 0.15) is 30.4 Å². The maximum absolute atomic E-state index is 12.0. The van der Waals surface area contributed by atoms with Crippen LogP contribution in [0.2, 0.25) is 0 Å². The summed E-state index contributed by atoms with van der Waals surface area (Å²) in [5.41, 5.74) is 5.71. The van der Waals surface area contributed by atoms with Crippen LogP contribution < -0.4 is 15.6 Å². The van der Waals surface area contributed by atoms with E-state index in [1.54, 1.807) is 6.07 Å². The third-order valence-corrected chi connectivity index (χ3v) is 5.19. The van der Waals surface area contributed by atoms with E-state index < -0.39 is 11.8 Å². The predicted octanol–water partition coefficient (Wildman–Crippen LogP) is 3.71. The number of carbonyl (C=O) groups is 2. The van der Waals surface area contributed by atoms with E-state index in [1.165, 1.54) is 6.21 Å². The molecule has 0 atom stereocenters. The van der Waals surface area contributed by atoms with Crippen molar-refractivity contribution in [1.82, 2.24) is 5.43 Å². The third-order valence-electron chi connectivity index (χ3n) is 4.33. The van der Waals surface area contributed by atoms with Crippen molar-refractivity contribution in [2.45, 2.75) is 26.2 Å². The van der Waals surface area contributed by atoms with Crippen LogP contribution in [0.25, 0.3) is 0 Å². The molecule has 32 heavy (non-hydrogen) atoms. The van der Waals surface area contributed by atoms with Gasteiger partial charge in [-0.1, -0.05) is 18.2 Å². The number of rotatable bonds is 10. The molecule has 2 rings (SSSR count). The molecule has 0 radical (unpaired) electrons. The topological polar surface area (TPSA) is 121 Å². The monoisotopic (exact) mass is 542 g/mol. The van der Waals surface area contributed by atoms with Gasteiger partial charge in [0.25, 0.3) is 0 Å². The van der Waals surface area contributed by atoms with E-state index in [9.17, 15) is 9.59 Å². The van der Waals surface area contributed by atoms with Gasteiger partial charge in [-0.3, -0.25) is 9.59 Å². The van der Waals surface area contributed by atoms with Gasteiger partial charge in [0.2, 0.25) is 11.8 Å². The van der Waals surface area contributed by atoms with Crippen molar-refractivity contribution in [2.75, 3.05) is 23.3 Å². The minimum absolute atomic E-state index is 0.339. The van der Waals surface area contributed by atoms with Crippen molar-refractivity contribution >= 4 is 52.0 Å². The van der Waals surface area contributed by atoms with Gasteiger partial charge in [-0.2, -0.15) is 15.6 Å². The number of hydrogen-bond donors (Lipinski definition) is 2. The van der Waals surface area contributed by atoms with Gasteiger partial charge in [0.15, 0.2) is 0 Å². The first-order valence-corrected chi connectivity index (χ1v) is 11.0. The molecule has 2 N–H and O–H groups in total. The summed E-state index contributed by atoms with van der Waals surface area (Å²) in [7, 11) is 0. The number of amides is 2. The Morgan fingerprint density at radius 2 is 1.81 bits per heavy atom. The molecule has 164 valence electrons. The highest BCUT2D eigenvalue weighted by Gasteiger charge is 2.11. The van der Waals surface area contributed by atoms with E-state index in [2.05, 4.69) is 50.6 Å². The Bertz CT molecular complexity index is 1050. The number of nitrogens with zero attached hydrogens (tertiary/aromatic N) is 4. The summed E-state index contributed by atoms with van der Waals surface area (Å²) in [6, 6.07) is 17.2. The Morgan fingerprint density at radius 3 is 2.44 bits per heavy atom. The average Bonchev–Trinajstić information content (AvgIpc) is 2.74. The molecule has 0 aliphatic heterocycles. The molecule has 0 aliphatic carbocycles. The van der Waals surface area contributed by atoms with E-state index in [1.807, 2.05) is 48.2 Å². The first-order valence-electron chi connectivity index (χ1n) is 9.89. The Morgan fingerprint density at radius 1 is 1.09 bits per heavy atom. The molecule has 0 unspecified atom stereocenters. The van der Waals surface area contributed by atoms with Gasteiger partial charge >= 0.3 is 0 Å². The Kier molecular flexibility index (Phi) is 10.1. The van der Waals surface area contributed by atoms with Crippen LogP contribution in [-0.4, -0.2) is 31.1 Å². The van der Waals surface area contributed by atoms with Crippen LogP contribution in [0.5, 0.6) is 0 Å². The number of hydrazone groups is 1. The lowest BCUT2D eigenvalue weighted by molar-refractivity contribution is -0.126. The third kappa shape index (κ3) is 8.36. The second kappa shape index (κ2) is 13.1. The Balaban J connectivity index is 1.91. The van der Waals surface area contributed by atoms with E-state index in [-0.39, 0.29) is 6.42 Å². The predicted molar refractivity (Wildman–Crippen MR) is 132 cm³/mol. The molecule has 2 amide bonds. The second-order valence-corrected chi connectivity index (χ2v) is 8.06. The summed E-state index contributed by atoms with van der Waals surface area (Å²) in [6.07, 6.45) is 1.90. The molecular weight excluding hydrogens is 519 g/mol. The quantitative estimate of drug-likeness (QED) is 0.205. The molecule has 9 heteroatoms. The van der Waals surface area contributed by atoms with Crippen LogP contribution in [0.15, 0.2) is 47.6 Å². The largest absolute Gasteiger partial charge is 0.369 e. The molecule has 0 bridgehead atoms. The minimum atomic E-state index is -0.517. The van der Waals surface area contributed by atoms with Crippen molar-refractivity contribution in [2.24, 2.45) is 5.10 Å². The summed E-state index contributed by atoms with van der Waals surface area (Å²) in [5.74, 6) is -0.936. The molecular formula is C23H23IN6O2. The van der Waals surface area contributed by atoms with Crippen molar-refractivity contribution in [3.8, 4) is 12.1 Å². The van der Waals surface area contributed by atoms with Crippen LogP contribution in [-0.2, 0) is 9.59 Å². The first-order chi connectivity index (χ1) is 15.4. The zero-order chi connectivity index (χ0) is 23.3. The van der Waals surface area contributed by atoms with Gasteiger partial charge in [-0.05, 0) is 64.9 Å². The number of anilines is 2.